The van der Waals surface area contributed by atoms with E-state index in [1.807, 2.05) is 24.4 Å². The topological polar surface area (TPSA) is 126 Å². The number of nitrogens with one attached hydrogen (secondary N) is 3. The summed E-state index contributed by atoms with van der Waals surface area (Å²) in [5.74, 6) is -0.763. The van der Waals surface area contributed by atoms with E-state index in [0.717, 1.165) is 5.69 Å². The molecule has 10 heteroatoms. The third-order valence-electron chi connectivity index (χ3n) is 5.08. The molecule has 1 unspecified atom stereocenters. The van der Waals surface area contributed by atoms with Gasteiger partial charge in [0.15, 0.2) is 0 Å². The number of rotatable bonds is 8. The molecule has 0 spiro atoms. The van der Waals surface area contributed by atoms with Gasteiger partial charge >= 0.3 is 0 Å². The van der Waals surface area contributed by atoms with Crippen molar-refractivity contribution in [2.24, 2.45) is 0 Å². The highest BCUT2D eigenvalue weighted by atomic mass is 32.1. The van der Waals surface area contributed by atoms with Crippen LogP contribution in [0.2, 0.25) is 0 Å². The van der Waals surface area contributed by atoms with Gasteiger partial charge in [-0.25, -0.2) is 0 Å². The molecule has 2 aromatic heterocycles. The molecule has 35 heavy (non-hydrogen) atoms. The zero-order chi connectivity index (χ0) is 24.8. The Kier molecular flexibility index (Phi) is 7.12. The summed E-state index contributed by atoms with van der Waals surface area (Å²) in [6, 6.07) is 19.6. The summed E-state index contributed by atoms with van der Waals surface area (Å²) in [5, 5.41) is 22.1. The van der Waals surface area contributed by atoms with E-state index >= 15 is 0 Å². The van der Waals surface area contributed by atoms with Gasteiger partial charge < -0.3 is 16.0 Å². The van der Waals surface area contributed by atoms with Crippen LogP contribution in [0.1, 0.15) is 38.7 Å². The number of anilines is 3. The number of hydrogen-bond acceptors (Lipinski definition) is 7. The summed E-state index contributed by atoms with van der Waals surface area (Å²) in [6.07, 6.45) is 1.65. The fraction of sp³-hybridized carbons (Fsp3) is 0.0800. The number of hydrogen-bond donors (Lipinski definition) is 3. The van der Waals surface area contributed by atoms with E-state index in [1.165, 1.54) is 29.5 Å². The molecule has 3 N–H and O–H groups in total. The van der Waals surface area contributed by atoms with E-state index in [-0.39, 0.29) is 28.9 Å². The highest BCUT2D eigenvalue weighted by molar-refractivity contribution is 7.12. The van der Waals surface area contributed by atoms with Gasteiger partial charge in [0.2, 0.25) is 0 Å². The second-order valence-corrected chi connectivity index (χ2v) is 8.52. The van der Waals surface area contributed by atoms with Crippen LogP contribution < -0.4 is 16.0 Å². The second-order valence-electron chi connectivity index (χ2n) is 7.58. The molecule has 0 aliphatic rings. The summed E-state index contributed by atoms with van der Waals surface area (Å²) in [7, 11) is 0. The Bertz CT molecular complexity index is 1360. The predicted molar refractivity (Wildman–Crippen MR) is 136 cm³/mol. The molecule has 9 nitrogen and oxygen atoms in total. The summed E-state index contributed by atoms with van der Waals surface area (Å²) in [5.41, 5.74) is 1.86. The molecule has 0 saturated heterocycles. The van der Waals surface area contributed by atoms with Gasteiger partial charge in [-0.3, -0.25) is 24.7 Å². The molecule has 4 rings (SSSR count). The number of carbonyl (C=O) groups is 2. The summed E-state index contributed by atoms with van der Waals surface area (Å²) < 4.78 is 0. The van der Waals surface area contributed by atoms with Crippen molar-refractivity contribution in [3.05, 3.63) is 111 Å². The van der Waals surface area contributed by atoms with E-state index in [9.17, 15) is 19.7 Å². The fourth-order valence-corrected chi connectivity index (χ4v) is 3.98. The van der Waals surface area contributed by atoms with Crippen molar-refractivity contribution in [3.8, 4) is 0 Å². The largest absolute Gasteiger partial charge is 0.371 e. The Balaban J connectivity index is 1.48. The smallest absolute Gasteiger partial charge is 0.293 e. The van der Waals surface area contributed by atoms with Crippen molar-refractivity contribution in [1.82, 2.24) is 4.98 Å². The molecule has 1 atom stereocenters. The van der Waals surface area contributed by atoms with E-state index in [0.29, 0.717) is 16.3 Å². The zero-order valence-electron chi connectivity index (χ0n) is 18.6. The number of nitrogens with zero attached hydrogens (tertiary/aromatic N) is 2. The van der Waals surface area contributed by atoms with Crippen LogP contribution in [0, 0.1) is 10.1 Å². The van der Waals surface area contributed by atoms with Crippen molar-refractivity contribution < 1.29 is 14.5 Å². The Hall–Kier alpha value is -4.57. The number of carbonyl (C=O) groups excluding carboxylic acids is 2. The average Bonchev–Trinajstić information content (AvgIpc) is 3.40. The second kappa shape index (κ2) is 10.6. The van der Waals surface area contributed by atoms with Gasteiger partial charge in [-0.2, -0.15) is 0 Å². The molecule has 0 aliphatic carbocycles. The minimum Gasteiger partial charge on any atom is -0.371 e. The minimum atomic E-state index is -0.537. The lowest BCUT2D eigenvalue weighted by atomic mass is 10.1. The number of nitro groups is 1. The van der Waals surface area contributed by atoms with Crippen LogP contribution in [0.25, 0.3) is 0 Å². The van der Waals surface area contributed by atoms with Crippen LogP contribution in [0.3, 0.4) is 0 Å². The molecule has 2 aromatic carbocycles. The number of nitro benzene ring substituents is 1. The van der Waals surface area contributed by atoms with Gasteiger partial charge in [0.1, 0.15) is 5.69 Å². The molecule has 0 fully saturated rings. The monoisotopic (exact) mass is 487 g/mol. The molecule has 2 heterocycles. The molecule has 176 valence electrons. The zero-order valence-corrected chi connectivity index (χ0v) is 19.4. The molecule has 0 radical (unpaired) electrons. The third kappa shape index (κ3) is 5.87. The van der Waals surface area contributed by atoms with Gasteiger partial charge in [0, 0.05) is 29.2 Å². The number of amides is 2. The number of thiophene rings is 1. The highest BCUT2D eigenvalue weighted by Gasteiger charge is 2.20. The summed E-state index contributed by atoms with van der Waals surface area (Å²) in [6.45, 7) is 1.84. The van der Waals surface area contributed by atoms with Crippen LogP contribution >= 0.6 is 11.3 Å². The first-order valence-electron chi connectivity index (χ1n) is 10.6. The number of benzene rings is 2. The van der Waals surface area contributed by atoms with E-state index < -0.39 is 10.8 Å². The van der Waals surface area contributed by atoms with Crippen LogP contribution in [0.15, 0.2) is 84.4 Å². The Morgan fingerprint density at radius 2 is 1.71 bits per heavy atom. The normalized spacial score (nSPS) is 11.3. The molecule has 0 saturated carbocycles. The first-order chi connectivity index (χ1) is 16.9. The Morgan fingerprint density at radius 1 is 0.943 bits per heavy atom. The first-order valence-corrected chi connectivity index (χ1v) is 11.5. The fourth-order valence-electron chi connectivity index (χ4n) is 3.36. The van der Waals surface area contributed by atoms with Crippen molar-refractivity contribution in [1.29, 1.82) is 0 Å². The third-order valence-corrected chi connectivity index (χ3v) is 5.95. The van der Waals surface area contributed by atoms with Crippen molar-refractivity contribution in [3.63, 3.8) is 0 Å². The summed E-state index contributed by atoms with van der Waals surface area (Å²) in [4.78, 5) is 41.1. The lowest BCUT2D eigenvalue weighted by Crippen LogP contribution is -2.14. The van der Waals surface area contributed by atoms with Gasteiger partial charge in [0.05, 0.1) is 21.5 Å². The molecule has 0 aliphatic heterocycles. The van der Waals surface area contributed by atoms with E-state index in [2.05, 4.69) is 20.9 Å². The predicted octanol–water partition coefficient (Wildman–Crippen LogP) is 5.73. The maximum Gasteiger partial charge on any atom is 0.293 e. The van der Waals surface area contributed by atoms with Crippen molar-refractivity contribution in [2.75, 3.05) is 16.0 Å². The highest BCUT2D eigenvalue weighted by Crippen LogP contribution is 2.29. The van der Waals surface area contributed by atoms with Crippen molar-refractivity contribution in [2.45, 2.75) is 13.0 Å². The summed E-state index contributed by atoms with van der Waals surface area (Å²) >= 11 is 1.32. The average molecular weight is 488 g/mol. The SMILES string of the molecule is CC(Nc1ccc(C(=O)Nc2cccc(NC(=O)c3cccs3)c2)cc1[N+](=O)[O-])c1ccccn1. The van der Waals surface area contributed by atoms with Crippen molar-refractivity contribution >= 4 is 45.9 Å². The van der Waals surface area contributed by atoms with Gasteiger partial charge in [-0.05, 0) is 60.8 Å². The van der Waals surface area contributed by atoms with Gasteiger partial charge in [-0.15, -0.1) is 11.3 Å². The number of pyridine rings is 1. The van der Waals surface area contributed by atoms with Gasteiger partial charge in [0.25, 0.3) is 17.5 Å². The van der Waals surface area contributed by atoms with Crippen LogP contribution in [0.5, 0.6) is 0 Å². The minimum absolute atomic E-state index is 0.126. The molecule has 4 aromatic rings. The Labute approximate surface area is 205 Å². The molecular weight excluding hydrogens is 466 g/mol. The number of aromatic nitrogens is 1. The molecule has 0 bridgehead atoms. The van der Waals surface area contributed by atoms with Gasteiger partial charge in [-0.1, -0.05) is 18.2 Å². The first kappa shape index (κ1) is 23.6. The molecule has 2 amide bonds. The van der Waals surface area contributed by atoms with Crippen LogP contribution in [-0.4, -0.2) is 21.7 Å². The Morgan fingerprint density at radius 3 is 2.37 bits per heavy atom. The van der Waals surface area contributed by atoms with Crippen LogP contribution in [-0.2, 0) is 0 Å². The quantitative estimate of drug-likeness (QED) is 0.215. The lowest BCUT2D eigenvalue weighted by molar-refractivity contribution is -0.384. The standard InChI is InChI=1S/C25H21N5O4S/c1-16(20-8-2-3-12-26-20)27-21-11-10-17(14-22(21)30(33)34)24(31)28-18-6-4-7-19(15-18)29-25(32)23-9-5-13-35-23/h2-16,27H,1H3,(H,28,31)(H,29,32). The maximum atomic E-state index is 12.8. The van der Waals surface area contributed by atoms with E-state index in [1.54, 1.807) is 48.7 Å². The molecular formula is C25H21N5O4S. The maximum absolute atomic E-state index is 12.8. The van der Waals surface area contributed by atoms with Crippen LogP contribution in [0.4, 0.5) is 22.7 Å². The lowest BCUT2D eigenvalue weighted by Gasteiger charge is -2.15. The van der Waals surface area contributed by atoms with E-state index in [4.69, 9.17) is 0 Å².